The first-order valence-corrected chi connectivity index (χ1v) is 26.4. The van der Waals surface area contributed by atoms with Crippen LogP contribution in [0.2, 0.25) is 0 Å². The van der Waals surface area contributed by atoms with Gasteiger partial charge in [-0.25, -0.2) is 9.59 Å². The average molecular weight is 1170 g/mol. The van der Waals surface area contributed by atoms with E-state index in [1.54, 1.807) is 41.5 Å². The number of carbonyl (C=O) groups is 2. The number of hydrogen-bond acceptors (Lipinski definition) is 8. The molecule has 0 bridgehead atoms. The number of carbonyl (C=O) groups excluding carboxylic acids is 2. The van der Waals surface area contributed by atoms with Crippen LogP contribution < -0.4 is 10.6 Å². The summed E-state index contributed by atoms with van der Waals surface area (Å²) in [5, 5.41) is 25.7. The molecule has 2 aliphatic rings. The predicted molar refractivity (Wildman–Crippen MR) is 278 cm³/mol. The molecule has 0 saturated heterocycles. The number of amides is 2. The van der Waals surface area contributed by atoms with Crippen molar-refractivity contribution >= 4 is 12.2 Å². The molecule has 81 heavy (non-hydrogen) atoms. The Morgan fingerprint density at radius 3 is 1.05 bits per heavy atom. The summed E-state index contributed by atoms with van der Waals surface area (Å²) in [5.74, 6) is 0. The van der Waals surface area contributed by atoms with Gasteiger partial charge in [0.05, 0.1) is 59.8 Å². The molecule has 0 radical (unpaired) electrons. The molecule has 4 aromatic carbocycles. The summed E-state index contributed by atoms with van der Waals surface area (Å²) in [5.41, 5.74) is -8.69. The molecule has 0 aromatic heterocycles. The minimum Gasteiger partial charge on any atom is -0.444 e. The van der Waals surface area contributed by atoms with E-state index in [-0.39, 0.29) is 49.7 Å². The molecule has 22 heteroatoms. The Labute approximate surface area is 464 Å². The summed E-state index contributed by atoms with van der Waals surface area (Å²) < 4.78 is 184. The van der Waals surface area contributed by atoms with Crippen molar-refractivity contribution in [1.29, 1.82) is 0 Å². The molecule has 0 unspecified atom stereocenters. The second-order valence-corrected chi connectivity index (χ2v) is 23.3. The molecule has 6 rings (SSSR count). The number of aliphatic hydroxyl groups is 2. The normalized spacial score (nSPS) is 22.8. The third-order valence-electron chi connectivity index (χ3n) is 14.9. The van der Waals surface area contributed by atoms with Crippen molar-refractivity contribution in [3.05, 3.63) is 142 Å². The molecule has 2 saturated carbocycles. The molecule has 0 heterocycles. The van der Waals surface area contributed by atoms with Gasteiger partial charge in [-0.15, -0.1) is 0 Å². The lowest BCUT2D eigenvalue weighted by atomic mass is 9.63. The maximum atomic E-state index is 13.4. The van der Waals surface area contributed by atoms with Gasteiger partial charge in [0.25, 0.3) is 0 Å². The number of alkyl carbamates (subject to hydrolysis) is 2. The molecule has 2 amide bonds. The van der Waals surface area contributed by atoms with Crippen LogP contribution in [-0.2, 0) is 54.5 Å². The minimum absolute atomic E-state index is 0.00369. The van der Waals surface area contributed by atoms with E-state index in [1.807, 2.05) is 60.7 Å². The first-order valence-electron chi connectivity index (χ1n) is 26.4. The van der Waals surface area contributed by atoms with Gasteiger partial charge in [-0.1, -0.05) is 60.7 Å². The van der Waals surface area contributed by atoms with E-state index in [0.29, 0.717) is 82.1 Å². The van der Waals surface area contributed by atoms with Gasteiger partial charge in [0.15, 0.2) is 0 Å². The summed E-state index contributed by atoms with van der Waals surface area (Å²) in [4.78, 5) is 25.1. The highest BCUT2D eigenvalue weighted by atomic mass is 19.4. The van der Waals surface area contributed by atoms with Gasteiger partial charge in [-0.2, -0.15) is 52.7 Å². The quantitative estimate of drug-likeness (QED) is 0.0865. The topological polar surface area (TPSA) is 136 Å². The Bertz CT molecular complexity index is 2620. The monoisotopic (exact) mass is 1160 g/mol. The SMILES string of the molecule is C[C@@H](OCC1(c2ccccc2)CCC(CCO)(NC(=O)OC(C)(C)C)CC1)c1cc(C(F)(F)F)cc(C(F)(F)F)c1.C[C@@H](OCC1(c2ccccc2)CCC(CO)(NC(=O)OC(C)(C)C)CC1)c1cc(C(F)(F)F)cc(C(F)(F)F)c1. The van der Waals surface area contributed by atoms with E-state index in [0.717, 1.165) is 11.1 Å². The van der Waals surface area contributed by atoms with Crippen molar-refractivity contribution in [2.75, 3.05) is 26.4 Å². The first kappa shape index (κ1) is 66.2. The lowest BCUT2D eigenvalue weighted by Crippen LogP contribution is -2.57. The van der Waals surface area contributed by atoms with Crippen molar-refractivity contribution < 1.29 is 91.4 Å². The summed E-state index contributed by atoms with van der Waals surface area (Å²) in [6.45, 7) is 12.8. The van der Waals surface area contributed by atoms with Crippen LogP contribution in [0, 0.1) is 0 Å². The van der Waals surface area contributed by atoms with Gasteiger partial charge in [0.2, 0.25) is 0 Å². The molecule has 2 aliphatic carbocycles. The Hall–Kier alpha value is -5.58. The lowest BCUT2D eigenvalue weighted by molar-refractivity contribution is -0.145. The number of nitrogens with one attached hydrogen (secondary N) is 2. The number of alkyl halides is 12. The highest BCUT2D eigenvalue weighted by Gasteiger charge is 2.48. The zero-order chi connectivity index (χ0) is 60.7. The van der Waals surface area contributed by atoms with Gasteiger partial charge in [0.1, 0.15) is 11.2 Å². The van der Waals surface area contributed by atoms with Gasteiger partial charge >= 0.3 is 36.9 Å². The Morgan fingerprint density at radius 2 is 0.778 bits per heavy atom. The van der Waals surface area contributed by atoms with Crippen LogP contribution in [0.3, 0.4) is 0 Å². The number of rotatable bonds is 15. The average Bonchev–Trinajstić information content (AvgIpc) is 3.37. The van der Waals surface area contributed by atoms with Crippen LogP contribution in [0.15, 0.2) is 97.1 Å². The molecule has 450 valence electrons. The summed E-state index contributed by atoms with van der Waals surface area (Å²) in [6.07, 6.45) is -19.6. The van der Waals surface area contributed by atoms with E-state index in [4.69, 9.17) is 18.9 Å². The fourth-order valence-corrected chi connectivity index (χ4v) is 10.2. The molecule has 0 spiro atoms. The van der Waals surface area contributed by atoms with Crippen LogP contribution in [0.1, 0.15) is 170 Å². The second-order valence-electron chi connectivity index (χ2n) is 23.3. The Balaban J connectivity index is 0.000000297. The van der Waals surface area contributed by atoms with Crippen molar-refractivity contribution in [2.45, 2.75) is 183 Å². The summed E-state index contributed by atoms with van der Waals surface area (Å²) in [6, 6.07) is 21.5. The van der Waals surface area contributed by atoms with Crippen molar-refractivity contribution in [2.24, 2.45) is 0 Å². The molecule has 2 atom stereocenters. The molecule has 4 aromatic rings. The van der Waals surface area contributed by atoms with E-state index in [1.165, 1.54) is 13.8 Å². The fourth-order valence-electron chi connectivity index (χ4n) is 10.2. The van der Waals surface area contributed by atoms with E-state index < -0.39 is 104 Å². The zero-order valence-electron chi connectivity index (χ0n) is 46.5. The van der Waals surface area contributed by atoms with Crippen molar-refractivity contribution in [3.63, 3.8) is 0 Å². The third kappa shape index (κ3) is 18.5. The Kier molecular flexibility index (Phi) is 20.8. The minimum atomic E-state index is -4.96. The third-order valence-corrected chi connectivity index (χ3v) is 14.9. The standard InChI is InChI=1S/C30H37F6NO4.C29H35F6NO4/c1-20(21-16-23(29(31,32)33)18-24(17-21)30(34,35)36)40-19-27(22-8-6-5-7-9-22)10-12-28(13-11-27,14-15-38)37-25(39)41-26(2,3)4;1-19(20-14-22(28(30,31)32)16-23(15-20)29(33,34)35)39-18-26(21-8-6-5-7-9-21)10-12-27(17-37,13-11-26)36-24(38)40-25(2,3)4/h5-9,16-18,20,38H,10-15,19H2,1-4H3,(H,37,39);5-9,14-16,19,37H,10-13,17-18H2,1-4H3,(H,36,38)/t20-,27?,28?;19-,26?,27?/m11/s1. The molecule has 10 nitrogen and oxygen atoms in total. The largest absolute Gasteiger partial charge is 0.444 e. The number of ether oxygens (including phenoxy) is 4. The molecular formula is C59H72F12N2O8. The van der Waals surface area contributed by atoms with Gasteiger partial charge in [-0.3, -0.25) is 0 Å². The highest BCUT2D eigenvalue weighted by molar-refractivity contribution is 5.69. The van der Waals surface area contributed by atoms with Gasteiger partial charge in [0, 0.05) is 23.0 Å². The van der Waals surface area contributed by atoms with Gasteiger partial charge in [-0.05, 0) is 172 Å². The number of benzene rings is 4. The highest BCUT2D eigenvalue weighted by Crippen LogP contribution is 2.48. The number of hydrogen-bond donors (Lipinski definition) is 4. The van der Waals surface area contributed by atoms with Crippen LogP contribution in [-0.4, -0.2) is 71.1 Å². The van der Waals surface area contributed by atoms with Crippen LogP contribution in [0.5, 0.6) is 0 Å². The number of halogens is 12. The number of aliphatic hydroxyl groups excluding tert-OH is 2. The van der Waals surface area contributed by atoms with Gasteiger partial charge < -0.3 is 39.8 Å². The van der Waals surface area contributed by atoms with Crippen LogP contribution in [0.4, 0.5) is 62.3 Å². The zero-order valence-corrected chi connectivity index (χ0v) is 46.5. The van der Waals surface area contributed by atoms with Crippen LogP contribution >= 0.6 is 0 Å². The van der Waals surface area contributed by atoms with Crippen molar-refractivity contribution in [3.8, 4) is 0 Å². The van der Waals surface area contributed by atoms with E-state index in [9.17, 15) is 72.5 Å². The molecular weight excluding hydrogens is 1090 g/mol. The molecule has 2 fully saturated rings. The van der Waals surface area contributed by atoms with E-state index >= 15 is 0 Å². The summed E-state index contributed by atoms with van der Waals surface area (Å²) in [7, 11) is 0. The van der Waals surface area contributed by atoms with E-state index in [2.05, 4.69) is 10.6 Å². The maximum absolute atomic E-state index is 13.4. The predicted octanol–water partition coefficient (Wildman–Crippen LogP) is 15.5. The molecule has 0 aliphatic heterocycles. The maximum Gasteiger partial charge on any atom is 0.416 e. The smallest absolute Gasteiger partial charge is 0.416 e. The Morgan fingerprint density at radius 1 is 0.481 bits per heavy atom. The van der Waals surface area contributed by atoms with Crippen LogP contribution in [0.25, 0.3) is 0 Å². The molecule has 4 N–H and O–H groups in total. The van der Waals surface area contributed by atoms with Crippen molar-refractivity contribution in [1.82, 2.24) is 10.6 Å². The lowest BCUT2D eigenvalue weighted by Gasteiger charge is -2.47. The second kappa shape index (κ2) is 25.5. The first-order chi connectivity index (χ1) is 37.3. The fraction of sp³-hybridized carbons (Fsp3) is 0.559. The summed E-state index contributed by atoms with van der Waals surface area (Å²) >= 11 is 0.